The first-order valence-corrected chi connectivity index (χ1v) is 9.53. The molecule has 0 saturated carbocycles. The second-order valence-corrected chi connectivity index (χ2v) is 7.52. The van der Waals surface area contributed by atoms with Gasteiger partial charge in [0.25, 0.3) is 0 Å². The summed E-state index contributed by atoms with van der Waals surface area (Å²) in [6.45, 7) is 2.39. The highest BCUT2D eigenvalue weighted by Gasteiger charge is 2.14. The molecule has 0 saturated heterocycles. The molecule has 0 spiro atoms. The fourth-order valence-corrected chi connectivity index (χ4v) is 3.16. The lowest BCUT2D eigenvalue weighted by Gasteiger charge is -2.06. The van der Waals surface area contributed by atoms with Crippen LogP contribution in [0.15, 0.2) is 35.1 Å². The van der Waals surface area contributed by atoms with Gasteiger partial charge in [-0.15, -0.1) is 0 Å². The summed E-state index contributed by atoms with van der Waals surface area (Å²) in [6, 6.07) is 4.45. The Morgan fingerprint density at radius 3 is 2.67 bits per heavy atom. The Labute approximate surface area is 173 Å². The number of anilines is 1. The van der Waals surface area contributed by atoms with Gasteiger partial charge in [0.2, 0.25) is 5.91 Å². The molecule has 2 aromatic heterocycles. The lowest BCUT2D eigenvalue weighted by molar-refractivity contribution is -0.116. The third-order valence-electron chi connectivity index (χ3n) is 3.81. The van der Waals surface area contributed by atoms with E-state index in [2.05, 4.69) is 31.4 Å². The molecule has 2 heterocycles. The van der Waals surface area contributed by atoms with E-state index in [4.69, 9.17) is 23.2 Å². The zero-order valence-electron chi connectivity index (χ0n) is 14.2. The third kappa shape index (κ3) is 4.88. The van der Waals surface area contributed by atoms with Crippen molar-refractivity contribution in [3.8, 4) is 0 Å². The van der Waals surface area contributed by atoms with Gasteiger partial charge in [-0.1, -0.05) is 29.3 Å². The highest BCUT2D eigenvalue weighted by molar-refractivity contribution is 9.10. The predicted molar refractivity (Wildman–Crippen MR) is 106 cm³/mol. The summed E-state index contributed by atoms with van der Waals surface area (Å²) in [5.74, 6) is -0.470. The lowest BCUT2D eigenvalue weighted by Crippen LogP contribution is -2.15. The number of benzene rings is 1. The summed E-state index contributed by atoms with van der Waals surface area (Å²) >= 11 is 15.5. The lowest BCUT2D eigenvalue weighted by atomic mass is 10.2. The number of amides is 1. The van der Waals surface area contributed by atoms with E-state index < -0.39 is 5.82 Å². The summed E-state index contributed by atoms with van der Waals surface area (Å²) in [5, 5.41) is 11.7. The number of nitrogens with zero attached hydrogens (tertiary/aromatic N) is 4. The molecule has 1 N–H and O–H groups in total. The number of carbonyl (C=O) groups excluding carboxylic acids is 1. The average Bonchev–Trinajstić information content (AvgIpc) is 3.11. The normalized spacial score (nSPS) is 11.0. The molecule has 0 aliphatic heterocycles. The zero-order chi connectivity index (χ0) is 19.6. The predicted octanol–water partition coefficient (Wildman–Crippen LogP) is 4.67. The molecule has 0 fully saturated rings. The molecule has 0 unspecified atom stereocenters. The van der Waals surface area contributed by atoms with Gasteiger partial charge in [0.05, 0.1) is 16.7 Å². The van der Waals surface area contributed by atoms with Gasteiger partial charge in [-0.05, 0) is 35.0 Å². The topological polar surface area (TPSA) is 64.7 Å². The Hall–Kier alpha value is -1.90. The third-order valence-corrected chi connectivity index (χ3v) is 5.22. The van der Waals surface area contributed by atoms with Crippen molar-refractivity contribution in [1.82, 2.24) is 19.6 Å². The second kappa shape index (κ2) is 8.41. The van der Waals surface area contributed by atoms with Crippen molar-refractivity contribution in [2.24, 2.45) is 0 Å². The Bertz CT molecular complexity index is 948. The van der Waals surface area contributed by atoms with Crippen LogP contribution in [-0.2, 0) is 17.9 Å². The number of hydrogen-bond acceptors (Lipinski definition) is 3. The zero-order valence-corrected chi connectivity index (χ0v) is 17.3. The van der Waals surface area contributed by atoms with Crippen LogP contribution in [0.1, 0.15) is 17.7 Å². The van der Waals surface area contributed by atoms with Gasteiger partial charge in [0, 0.05) is 35.9 Å². The van der Waals surface area contributed by atoms with Crippen LogP contribution in [0, 0.1) is 12.7 Å². The van der Waals surface area contributed by atoms with Crippen LogP contribution in [0.25, 0.3) is 0 Å². The van der Waals surface area contributed by atoms with Gasteiger partial charge in [-0.3, -0.25) is 14.2 Å². The Balaban J connectivity index is 1.63. The fraction of sp³-hybridized carbons (Fsp3) is 0.235. The number of hydrogen-bond donors (Lipinski definition) is 1. The molecule has 10 heteroatoms. The monoisotopic (exact) mass is 473 g/mol. The van der Waals surface area contributed by atoms with Crippen LogP contribution in [0.5, 0.6) is 0 Å². The molecule has 0 radical (unpaired) electrons. The molecule has 0 bridgehead atoms. The van der Waals surface area contributed by atoms with E-state index in [0.717, 1.165) is 10.2 Å². The molecule has 0 aliphatic rings. The minimum atomic E-state index is -0.430. The molecule has 3 aromatic rings. The number of halogens is 4. The van der Waals surface area contributed by atoms with Gasteiger partial charge < -0.3 is 5.32 Å². The molecule has 1 amide bonds. The van der Waals surface area contributed by atoms with Crippen molar-refractivity contribution in [3.63, 3.8) is 0 Å². The van der Waals surface area contributed by atoms with Gasteiger partial charge in [-0.25, -0.2) is 4.39 Å². The minimum Gasteiger partial charge on any atom is -0.308 e. The molecule has 3 rings (SSSR count). The summed E-state index contributed by atoms with van der Waals surface area (Å²) in [6.07, 6.45) is 3.52. The SMILES string of the molecule is Cc1nn(CCC(=O)Nc2nn(Cc3c(F)cccc3Cl)cc2Cl)cc1Br. The van der Waals surface area contributed by atoms with Gasteiger partial charge >= 0.3 is 0 Å². The first kappa shape index (κ1) is 19.9. The Morgan fingerprint density at radius 1 is 1.22 bits per heavy atom. The molecule has 6 nitrogen and oxygen atoms in total. The smallest absolute Gasteiger partial charge is 0.227 e. The van der Waals surface area contributed by atoms with Gasteiger partial charge in [0.1, 0.15) is 10.8 Å². The van der Waals surface area contributed by atoms with E-state index >= 15 is 0 Å². The van der Waals surface area contributed by atoms with E-state index in [9.17, 15) is 9.18 Å². The molecule has 0 aliphatic carbocycles. The molecule has 142 valence electrons. The first-order valence-electron chi connectivity index (χ1n) is 7.98. The van der Waals surface area contributed by atoms with E-state index in [1.807, 2.05) is 13.1 Å². The van der Waals surface area contributed by atoms with E-state index in [1.165, 1.54) is 23.0 Å². The number of carbonyl (C=O) groups is 1. The summed E-state index contributed by atoms with van der Waals surface area (Å²) in [7, 11) is 0. The van der Waals surface area contributed by atoms with Crippen molar-refractivity contribution >= 4 is 50.9 Å². The van der Waals surface area contributed by atoms with E-state index in [1.54, 1.807) is 10.7 Å². The Morgan fingerprint density at radius 2 is 2.00 bits per heavy atom. The van der Waals surface area contributed by atoms with E-state index in [-0.39, 0.29) is 29.7 Å². The number of aryl methyl sites for hydroxylation is 2. The maximum atomic E-state index is 13.9. The number of aromatic nitrogens is 4. The largest absolute Gasteiger partial charge is 0.308 e. The average molecular weight is 475 g/mol. The van der Waals surface area contributed by atoms with E-state index in [0.29, 0.717) is 17.1 Å². The van der Waals surface area contributed by atoms with Crippen molar-refractivity contribution < 1.29 is 9.18 Å². The van der Waals surface area contributed by atoms with Crippen LogP contribution in [0.2, 0.25) is 10.0 Å². The minimum absolute atomic E-state index is 0.0989. The number of nitrogens with one attached hydrogen (secondary N) is 1. The molecular formula is C17H15BrCl2FN5O. The van der Waals surface area contributed by atoms with Crippen LogP contribution >= 0.6 is 39.1 Å². The number of rotatable bonds is 6. The molecule has 27 heavy (non-hydrogen) atoms. The van der Waals surface area contributed by atoms with Crippen LogP contribution in [0.3, 0.4) is 0 Å². The quantitative estimate of drug-likeness (QED) is 0.564. The van der Waals surface area contributed by atoms with Crippen molar-refractivity contribution in [3.05, 3.63) is 62.2 Å². The molecular weight excluding hydrogens is 460 g/mol. The highest BCUT2D eigenvalue weighted by atomic mass is 79.9. The van der Waals surface area contributed by atoms with Crippen molar-refractivity contribution in [1.29, 1.82) is 0 Å². The van der Waals surface area contributed by atoms with Gasteiger partial charge in [-0.2, -0.15) is 10.2 Å². The van der Waals surface area contributed by atoms with Crippen LogP contribution in [-0.4, -0.2) is 25.5 Å². The standard InChI is InChI=1S/C17H15BrCl2FN5O/c1-10-12(18)8-25(23-10)6-5-16(27)22-17-14(20)9-26(24-17)7-11-13(19)3-2-4-15(11)21/h2-4,8-9H,5-7H2,1H3,(H,22,24,27). The van der Waals surface area contributed by atoms with Crippen molar-refractivity contribution in [2.45, 2.75) is 26.4 Å². The van der Waals surface area contributed by atoms with Gasteiger partial charge in [0.15, 0.2) is 5.82 Å². The van der Waals surface area contributed by atoms with Crippen LogP contribution < -0.4 is 5.32 Å². The summed E-state index contributed by atoms with van der Waals surface area (Å²) in [5.41, 5.74) is 1.15. The molecule has 0 atom stereocenters. The fourth-order valence-electron chi connectivity index (χ4n) is 2.43. The summed E-state index contributed by atoms with van der Waals surface area (Å²) < 4.78 is 17.9. The van der Waals surface area contributed by atoms with Crippen LogP contribution in [0.4, 0.5) is 10.2 Å². The maximum Gasteiger partial charge on any atom is 0.227 e. The highest BCUT2D eigenvalue weighted by Crippen LogP contribution is 2.24. The maximum absolute atomic E-state index is 13.9. The summed E-state index contributed by atoms with van der Waals surface area (Å²) in [4.78, 5) is 12.2. The first-order chi connectivity index (χ1) is 12.8. The molecule has 1 aromatic carbocycles. The Kier molecular flexibility index (Phi) is 6.18. The van der Waals surface area contributed by atoms with Crippen molar-refractivity contribution in [2.75, 3.05) is 5.32 Å². The second-order valence-electron chi connectivity index (χ2n) is 5.85.